The molecule has 0 bridgehead atoms. The van der Waals surface area contributed by atoms with E-state index >= 15 is 0 Å². The van der Waals surface area contributed by atoms with Crippen LogP contribution < -0.4 is 9.47 Å². The summed E-state index contributed by atoms with van der Waals surface area (Å²) in [6.45, 7) is 3.28. The summed E-state index contributed by atoms with van der Waals surface area (Å²) >= 11 is 0. The first-order chi connectivity index (χ1) is 11.2. The summed E-state index contributed by atoms with van der Waals surface area (Å²) in [6, 6.07) is 5.77. The van der Waals surface area contributed by atoms with Crippen molar-refractivity contribution in [3.63, 3.8) is 0 Å². The van der Waals surface area contributed by atoms with Crippen molar-refractivity contribution < 1.29 is 19.4 Å². The van der Waals surface area contributed by atoms with Crippen molar-refractivity contribution in [3.05, 3.63) is 23.8 Å². The molecule has 0 aromatic heterocycles. The highest BCUT2D eigenvalue weighted by atomic mass is 16.7. The summed E-state index contributed by atoms with van der Waals surface area (Å²) in [5, 5.41) is 9.60. The molecule has 5 heteroatoms. The van der Waals surface area contributed by atoms with Crippen LogP contribution >= 0.6 is 0 Å². The smallest absolute Gasteiger partial charge is 0.320 e. The number of likely N-dealkylation sites (tertiary alicyclic amines) is 1. The number of unbranched alkanes of at least 4 members (excludes halogenated alkanes) is 1. The van der Waals surface area contributed by atoms with Crippen LogP contribution in [-0.4, -0.2) is 35.4 Å². The SMILES string of the molecule is CCCCC(c1ccc2c(c1)OCO2)N1CCCCC1C(=O)O. The average Bonchev–Trinajstić information content (AvgIpc) is 3.03. The van der Waals surface area contributed by atoms with E-state index in [1.54, 1.807) is 0 Å². The molecule has 126 valence electrons. The van der Waals surface area contributed by atoms with Gasteiger partial charge in [-0.15, -0.1) is 0 Å². The number of ether oxygens (including phenoxy) is 2. The molecule has 1 aromatic rings. The maximum absolute atomic E-state index is 11.7. The quantitative estimate of drug-likeness (QED) is 0.868. The number of aliphatic carboxylic acids is 1. The average molecular weight is 319 g/mol. The van der Waals surface area contributed by atoms with E-state index in [1.165, 1.54) is 0 Å². The zero-order chi connectivity index (χ0) is 16.2. The van der Waals surface area contributed by atoms with Crippen molar-refractivity contribution in [2.75, 3.05) is 13.3 Å². The van der Waals surface area contributed by atoms with Crippen LogP contribution in [-0.2, 0) is 4.79 Å². The van der Waals surface area contributed by atoms with Crippen LogP contribution in [0.4, 0.5) is 0 Å². The molecule has 0 aliphatic carbocycles. The highest BCUT2D eigenvalue weighted by Gasteiger charge is 2.34. The molecule has 2 unspecified atom stereocenters. The fraction of sp³-hybridized carbons (Fsp3) is 0.611. The Kier molecular flexibility index (Phi) is 5.06. The normalized spacial score (nSPS) is 22.0. The van der Waals surface area contributed by atoms with Crippen LogP contribution in [0.15, 0.2) is 18.2 Å². The first-order valence-electron chi connectivity index (χ1n) is 8.58. The molecule has 2 atom stereocenters. The maximum Gasteiger partial charge on any atom is 0.320 e. The zero-order valence-corrected chi connectivity index (χ0v) is 13.7. The highest BCUT2D eigenvalue weighted by Crippen LogP contribution is 2.38. The van der Waals surface area contributed by atoms with Crippen LogP contribution in [0.3, 0.4) is 0 Å². The van der Waals surface area contributed by atoms with Gasteiger partial charge in [-0.05, 0) is 43.5 Å². The fourth-order valence-corrected chi connectivity index (χ4v) is 3.63. The molecule has 1 saturated heterocycles. The number of carboxylic acid groups (broad SMARTS) is 1. The Hall–Kier alpha value is -1.75. The number of carbonyl (C=O) groups is 1. The third kappa shape index (κ3) is 3.44. The lowest BCUT2D eigenvalue weighted by atomic mass is 9.93. The first-order valence-corrected chi connectivity index (χ1v) is 8.58. The lowest BCUT2D eigenvalue weighted by Gasteiger charge is -2.39. The predicted molar refractivity (Wildman–Crippen MR) is 86.8 cm³/mol. The van der Waals surface area contributed by atoms with Crippen molar-refractivity contribution in [2.45, 2.75) is 57.5 Å². The Labute approximate surface area is 137 Å². The molecule has 2 heterocycles. The molecular weight excluding hydrogens is 294 g/mol. The fourth-order valence-electron chi connectivity index (χ4n) is 3.63. The number of rotatable bonds is 6. The van der Waals surface area contributed by atoms with Gasteiger partial charge in [-0.2, -0.15) is 0 Å². The van der Waals surface area contributed by atoms with Gasteiger partial charge in [0.15, 0.2) is 11.5 Å². The highest BCUT2D eigenvalue weighted by molar-refractivity contribution is 5.73. The summed E-state index contributed by atoms with van der Waals surface area (Å²) in [4.78, 5) is 13.9. The number of fused-ring (bicyclic) bond motifs is 1. The number of hydrogen-bond donors (Lipinski definition) is 1. The minimum atomic E-state index is -0.702. The van der Waals surface area contributed by atoms with Crippen molar-refractivity contribution in [1.29, 1.82) is 0 Å². The molecule has 1 fully saturated rings. The number of nitrogens with zero attached hydrogens (tertiary/aromatic N) is 1. The summed E-state index contributed by atoms with van der Waals surface area (Å²) < 4.78 is 10.9. The number of piperidine rings is 1. The van der Waals surface area contributed by atoms with Gasteiger partial charge in [0, 0.05) is 6.04 Å². The van der Waals surface area contributed by atoms with E-state index in [1.807, 2.05) is 12.1 Å². The molecular formula is C18H25NO4. The van der Waals surface area contributed by atoms with Crippen molar-refractivity contribution >= 4 is 5.97 Å². The molecule has 0 saturated carbocycles. The number of benzene rings is 1. The Bertz CT molecular complexity index is 560. The monoisotopic (exact) mass is 319 g/mol. The van der Waals surface area contributed by atoms with E-state index in [2.05, 4.69) is 17.9 Å². The number of hydrogen-bond acceptors (Lipinski definition) is 4. The second kappa shape index (κ2) is 7.21. The van der Waals surface area contributed by atoms with Crippen LogP contribution in [0.2, 0.25) is 0 Å². The molecule has 0 radical (unpaired) electrons. The zero-order valence-electron chi connectivity index (χ0n) is 13.7. The van der Waals surface area contributed by atoms with Gasteiger partial charge in [-0.3, -0.25) is 9.69 Å². The molecule has 1 N–H and O–H groups in total. The minimum absolute atomic E-state index is 0.130. The van der Waals surface area contributed by atoms with Gasteiger partial charge in [-0.25, -0.2) is 0 Å². The summed E-state index contributed by atoms with van der Waals surface area (Å²) in [5.41, 5.74) is 1.14. The van der Waals surface area contributed by atoms with Crippen molar-refractivity contribution in [1.82, 2.24) is 4.90 Å². The number of carboxylic acids is 1. The van der Waals surface area contributed by atoms with Crippen LogP contribution in [0.5, 0.6) is 11.5 Å². The van der Waals surface area contributed by atoms with Gasteiger partial charge in [-0.1, -0.05) is 32.3 Å². The maximum atomic E-state index is 11.7. The molecule has 2 aliphatic heterocycles. The standard InChI is InChI=1S/C18H25NO4/c1-2-3-6-14(19-10-5-4-7-15(19)18(20)21)13-8-9-16-17(11-13)23-12-22-16/h8-9,11,14-15H,2-7,10,12H2,1H3,(H,20,21). The third-order valence-corrected chi connectivity index (χ3v) is 4.84. The van der Waals surface area contributed by atoms with E-state index in [0.717, 1.165) is 62.1 Å². The van der Waals surface area contributed by atoms with Gasteiger partial charge in [0.05, 0.1) is 0 Å². The molecule has 0 spiro atoms. The summed E-state index contributed by atoms with van der Waals surface area (Å²) in [5.74, 6) is 0.844. The van der Waals surface area contributed by atoms with E-state index in [9.17, 15) is 9.90 Å². The van der Waals surface area contributed by atoms with Crippen LogP contribution in [0.1, 0.15) is 57.1 Å². The van der Waals surface area contributed by atoms with Gasteiger partial charge in [0.25, 0.3) is 0 Å². The molecule has 5 nitrogen and oxygen atoms in total. The predicted octanol–water partition coefficient (Wildman–Crippen LogP) is 3.59. The lowest BCUT2D eigenvalue weighted by molar-refractivity contribution is -0.146. The van der Waals surface area contributed by atoms with Gasteiger partial charge >= 0.3 is 5.97 Å². The van der Waals surface area contributed by atoms with Crippen molar-refractivity contribution in [2.24, 2.45) is 0 Å². The summed E-state index contributed by atoms with van der Waals surface area (Å²) in [7, 11) is 0. The third-order valence-electron chi connectivity index (χ3n) is 4.84. The van der Waals surface area contributed by atoms with E-state index in [-0.39, 0.29) is 18.9 Å². The topological polar surface area (TPSA) is 59.0 Å². The second-order valence-electron chi connectivity index (χ2n) is 6.36. The molecule has 23 heavy (non-hydrogen) atoms. The molecule has 2 aliphatic rings. The van der Waals surface area contributed by atoms with Gasteiger partial charge < -0.3 is 14.6 Å². The Morgan fingerprint density at radius 1 is 1.35 bits per heavy atom. The Balaban J connectivity index is 1.88. The van der Waals surface area contributed by atoms with Gasteiger partial charge in [0.2, 0.25) is 6.79 Å². The molecule has 1 aromatic carbocycles. The Morgan fingerprint density at radius 2 is 2.17 bits per heavy atom. The van der Waals surface area contributed by atoms with Gasteiger partial charge in [0.1, 0.15) is 6.04 Å². The van der Waals surface area contributed by atoms with E-state index < -0.39 is 5.97 Å². The van der Waals surface area contributed by atoms with E-state index in [4.69, 9.17) is 9.47 Å². The van der Waals surface area contributed by atoms with Crippen LogP contribution in [0, 0.1) is 0 Å². The lowest BCUT2D eigenvalue weighted by Crippen LogP contribution is -2.46. The van der Waals surface area contributed by atoms with Crippen molar-refractivity contribution in [3.8, 4) is 11.5 Å². The van der Waals surface area contributed by atoms with E-state index in [0.29, 0.717) is 0 Å². The largest absolute Gasteiger partial charge is 0.480 e. The first kappa shape index (κ1) is 16.1. The summed E-state index contributed by atoms with van der Waals surface area (Å²) in [6.07, 6.45) is 5.96. The molecule has 3 rings (SSSR count). The second-order valence-corrected chi connectivity index (χ2v) is 6.36. The Morgan fingerprint density at radius 3 is 2.96 bits per heavy atom. The van der Waals surface area contributed by atoms with Crippen LogP contribution in [0.25, 0.3) is 0 Å². The molecule has 0 amide bonds. The minimum Gasteiger partial charge on any atom is -0.480 e.